The Morgan fingerprint density at radius 2 is 2.04 bits per heavy atom. The minimum Gasteiger partial charge on any atom is -0.392 e. The summed E-state index contributed by atoms with van der Waals surface area (Å²) in [6.45, 7) is 7.86. The number of para-hydroxylation sites is 1. The zero-order chi connectivity index (χ0) is 17.4. The van der Waals surface area contributed by atoms with Crippen LogP contribution in [0, 0.1) is 0 Å². The second kappa shape index (κ2) is 7.08. The highest BCUT2D eigenvalue weighted by atomic mass is 16.5. The van der Waals surface area contributed by atoms with Gasteiger partial charge in [0.25, 0.3) is 0 Å². The number of nitrogens with zero attached hydrogens (tertiary/aromatic N) is 3. The highest BCUT2D eigenvalue weighted by Crippen LogP contribution is 2.28. The van der Waals surface area contributed by atoms with Crippen LogP contribution in [0.4, 0.5) is 0 Å². The number of aliphatic hydroxyl groups is 1. The molecule has 2 aliphatic rings. The van der Waals surface area contributed by atoms with Gasteiger partial charge >= 0.3 is 0 Å². The topological polar surface area (TPSA) is 40.9 Å². The van der Waals surface area contributed by atoms with E-state index >= 15 is 0 Å². The highest BCUT2D eigenvalue weighted by Gasteiger charge is 2.38. The lowest BCUT2D eigenvalue weighted by Gasteiger charge is -2.42. The third-order valence-corrected chi connectivity index (χ3v) is 5.85. The van der Waals surface area contributed by atoms with Crippen LogP contribution in [0.25, 0.3) is 10.9 Å². The van der Waals surface area contributed by atoms with Gasteiger partial charge in [-0.05, 0) is 25.0 Å². The molecule has 2 aromatic rings. The summed E-state index contributed by atoms with van der Waals surface area (Å²) in [5.74, 6) is 0. The Kier molecular flexibility index (Phi) is 4.82. The maximum absolute atomic E-state index is 9.97. The predicted molar refractivity (Wildman–Crippen MR) is 99.7 cm³/mol. The minimum absolute atomic E-state index is 0.145. The average molecular weight is 343 g/mol. The van der Waals surface area contributed by atoms with Crippen molar-refractivity contribution >= 4 is 10.9 Å². The molecule has 0 bridgehead atoms. The number of piperazine rings is 1. The zero-order valence-corrected chi connectivity index (χ0v) is 15.3. The monoisotopic (exact) mass is 343 g/mol. The van der Waals surface area contributed by atoms with Crippen molar-refractivity contribution < 1.29 is 9.84 Å². The molecule has 5 nitrogen and oxygen atoms in total. The van der Waals surface area contributed by atoms with Crippen molar-refractivity contribution in [2.24, 2.45) is 0 Å². The first-order chi connectivity index (χ1) is 12.2. The summed E-state index contributed by atoms with van der Waals surface area (Å²) >= 11 is 0. The third kappa shape index (κ3) is 3.34. The number of rotatable bonds is 5. The number of benzene rings is 1. The molecule has 0 spiro atoms. The van der Waals surface area contributed by atoms with E-state index in [2.05, 4.69) is 51.8 Å². The number of methoxy groups -OCH3 is 1. The van der Waals surface area contributed by atoms with Crippen LogP contribution in [0.1, 0.15) is 18.9 Å². The van der Waals surface area contributed by atoms with Gasteiger partial charge in [-0.1, -0.05) is 18.2 Å². The van der Waals surface area contributed by atoms with Gasteiger partial charge in [0.1, 0.15) is 0 Å². The number of hydrogen-bond acceptors (Lipinski definition) is 4. The highest BCUT2D eigenvalue weighted by molar-refractivity contribution is 5.83. The fourth-order valence-electron chi connectivity index (χ4n) is 4.54. The molecule has 2 aliphatic heterocycles. The van der Waals surface area contributed by atoms with E-state index in [1.165, 1.54) is 16.5 Å². The lowest BCUT2D eigenvalue weighted by atomic mass is 10.1. The molecule has 3 heterocycles. The number of hydrogen-bond donors (Lipinski definition) is 1. The van der Waals surface area contributed by atoms with Gasteiger partial charge in [0, 0.05) is 69.0 Å². The van der Waals surface area contributed by atoms with Crippen LogP contribution in [0.5, 0.6) is 0 Å². The van der Waals surface area contributed by atoms with Crippen molar-refractivity contribution in [3.05, 3.63) is 36.0 Å². The molecular formula is C20H29N3O2. The molecule has 2 saturated heterocycles. The van der Waals surface area contributed by atoms with E-state index in [-0.39, 0.29) is 6.10 Å². The summed E-state index contributed by atoms with van der Waals surface area (Å²) in [4.78, 5) is 5.05. The van der Waals surface area contributed by atoms with Gasteiger partial charge in [0.2, 0.25) is 0 Å². The average Bonchev–Trinajstić information content (AvgIpc) is 3.13. The van der Waals surface area contributed by atoms with Crippen molar-refractivity contribution in [2.45, 2.75) is 44.6 Å². The second-order valence-corrected chi connectivity index (χ2v) is 7.63. The molecule has 5 heteroatoms. The van der Waals surface area contributed by atoms with Gasteiger partial charge < -0.3 is 14.4 Å². The SMILES string of the molecule is COCCn1cc(CN2C[C@H]3C[C@@H](O)CN3C[C@@H]2C)c2ccccc21. The first-order valence-corrected chi connectivity index (χ1v) is 9.37. The Balaban J connectivity index is 1.56. The van der Waals surface area contributed by atoms with Gasteiger partial charge in [0.05, 0.1) is 12.7 Å². The first-order valence-electron chi connectivity index (χ1n) is 9.37. The molecule has 1 aromatic heterocycles. The van der Waals surface area contributed by atoms with Gasteiger partial charge in [-0.15, -0.1) is 0 Å². The van der Waals surface area contributed by atoms with Gasteiger partial charge in [0.15, 0.2) is 0 Å². The van der Waals surface area contributed by atoms with E-state index in [0.717, 1.165) is 45.8 Å². The standard InChI is InChI=1S/C20H29N3O2/c1-15-10-23-14-18(24)9-17(23)13-22(15)12-16-11-21(7-8-25-2)20-6-4-3-5-19(16)20/h3-6,11,15,17-18,24H,7-10,12-14H2,1-2H3/t15-,17+,18+/m0/s1. The summed E-state index contributed by atoms with van der Waals surface area (Å²) in [5, 5.41) is 11.3. The van der Waals surface area contributed by atoms with E-state index in [9.17, 15) is 5.11 Å². The first kappa shape index (κ1) is 17.0. The van der Waals surface area contributed by atoms with Crippen molar-refractivity contribution in [1.82, 2.24) is 14.4 Å². The lowest BCUT2D eigenvalue weighted by Crippen LogP contribution is -2.54. The molecule has 0 amide bonds. The third-order valence-electron chi connectivity index (χ3n) is 5.85. The van der Waals surface area contributed by atoms with Crippen LogP contribution in [-0.2, 0) is 17.8 Å². The van der Waals surface area contributed by atoms with E-state index in [4.69, 9.17) is 4.74 Å². The molecule has 0 radical (unpaired) electrons. The fraction of sp³-hybridized carbons (Fsp3) is 0.600. The molecule has 0 saturated carbocycles. The van der Waals surface area contributed by atoms with Crippen molar-refractivity contribution in [3.8, 4) is 0 Å². The van der Waals surface area contributed by atoms with Crippen LogP contribution in [0.15, 0.2) is 30.5 Å². The summed E-state index contributed by atoms with van der Waals surface area (Å²) in [6.07, 6.45) is 3.07. The van der Waals surface area contributed by atoms with E-state index in [1.807, 2.05) is 0 Å². The maximum Gasteiger partial charge on any atom is 0.0682 e. The predicted octanol–water partition coefficient (Wildman–Crippen LogP) is 1.93. The Bertz CT molecular complexity index is 729. The van der Waals surface area contributed by atoms with Crippen molar-refractivity contribution in [3.63, 3.8) is 0 Å². The molecule has 4 rings (SSSR count). The molecule has 1 aromatic carbocycles. The van der Waals surface area contributed by atoms with E-state index < -0.39 is 0 Å². The van der Waals surface area contributed by atoms with Crippen LogP contribution >= 0.6 is 0 Å². The van der Waals surface area contributed by atoms with Gasteiger partial charge in [-0.2, -0.15) is 0 Å². The van der Waals surface area contributed by atoms with Crippen molar-refractivity contribution in [2.75, 3.05) is 33.4 Å². The molecule has 0 aliphatic carbocycles. The normalized spacial score (nSPS) is 27.9. The van der Waals surface area contributed by atoms with E-state index in [1.54, 1.807) is 7.11 Å². The number of fused-ring (bicyclic) bond motifs is 2. The largest absolute Gasteiger partial charge is 0.392 e. The molecular weight excluding hydrogens is 314 g/mol. The summed E-state index contributed by atoms with van der Waals surface area (Å²) < 4.78 is 7.58. The summed E-state index contributed by atoms with van der Waals surface area (Å²) in [5.41, 5.74) is 2.68. The Hall–Kier alpha value is -1.40. The van der Waals surface area contributed by atoms with Gasteiger partial charge in [-0.25, -0.2) is 0 Å². The number of ether oxygens (including phenoxy) is 1. The van der Waals surface area contributed by atoms with E-state index in [0.29, 0.717) is 12.1 Å². The number of aliphatic hydroxyl groups excluding tert-OH is 1. The molecule has 25 heavy (non-hydrogen) atoms. The molecule has 2 fully saturated rings. The summed E-state index contributed by atoms with van der Waals surface area (Å²) in [6, 6.07) is 9.69. The van der Waals surface area contributed by atoms with Crippen LogP contribution in [0.2, 0.25) is 0 Å². The minimum atomic E-state index is -0.145. The maximum atomic E-state index is 9.97. The molecule has 3 atom stereocenters. The lowest BCUT2D eigenvalue weighted by molar-refractivity contribution is 0.0531. The van der Waals surface area contributed by atoms with Crippen LogP contribution in [0.3, 0.4) is 0 Å². The molecule has 0 unspecified atom stereocenters. The van der Waals surface area contributed by atoms with Crippen molar-refractivity contribution in [1.29, 1.82) is 0 Å². The molecule has 136 valence electrons. The Morgan fingerprint density at radius 3 is 2.88 bits per heavy atom. The quantitative estimate of drug-likeness (QED) is 0.901. The second-order valence-electron chi connectivity index (χ2n) is 7.63. The Labute approximate surface area is 149 Å². The smallest absolute Gasteiger partial charge is 0.0682 e. The zero-order valence-electron chi connectivity index (χ0n) is 15.3. The molecule has 1 N–H and O–H groups in total. The van der Waals surface area contributed by atoms with Crippen LogP contribution < -0.4 is 0 Å². The van der Waals surface area contributed by atoms with Gasteiger partial charge in [-0.3, -0.25) is 9.80 Å². The van der Waals surface area contributed by atoms with Crippen LogP contribution in [-0.4, -0.2) is 71.0 Å². The Morgan fingerprint density at radius 1 is 1.20 bits per heavy atom. The fourth-order valence-corrected chi connectivity index (χ4v) is 4.54. The summed E-state index contributed by atoms with van der Waals surface area (Å²) in [7, 11) is 1.75. The number of aromatic nitrogens is 1.